The van der Waals surface area contributed by atoms with Gasteiger partial charge in [-0.3, -0.25) is 4.98 Å². The van der Waals surface area contributed by atoms with Gasteiger partial charge in [0.1, 0.15) is 0 Å². The fraction of sp³-hybridized carbons (Fsp3) is 0.500. The fourth-order valence-electron chi connectivity index (χ4n) is 1.44. The van der Waals surface area contributed by atoms with Crippen LogP contribution in [0.15, 0.2) is 23.9 Å². The van der Waals surface area contributed by atoms with E-state index in [1.54, 1.807) is 0 Å². The summed E-state index contributed by atoms with van der Waals surface area (Å²) < 4.78 is 0. The highest BCUT2D eigenvalue weighted by molar-refractivity contribution is 5.49. The van der Waals surface area contributed by atoms with Crippen molar-refractivity contribution in [1.82, 2.24) is 10.3 Å². The molecule has 0 bridgehead atoms. The quantitative estimate of drug-likeness (QED) is 0.821. The minimum absolute atomic E-state index is 0.419. The van der Waals surface area contributed by atoms with Gasteiger partial charge in [-0.1, -0.05) is 18.6 Å². The van der Waals surface area contributed by atoms with Gasteiger partial charge in [-0.25, -0.2) is 0 Å². The highest BCUT2D eigenvalue weighted by Gasteiger charge is 2.02. The van der Waals surface area contributed by atoms with Crippen LogP contribution in [0, 0.1) is 6.92 Å². The molecule has 2 nitrogen and oxygen atoms in total. The lowest BCUT2D eigenvalue weighted by Gasteiger charge is -2.13. The van der Waals surface area contributed by atoms with E-state index < -0.39 is 0 Å². The summed E-state index contributed by atoms with van der Waals surface area (Å²) in [4.78, 5) is 4.38. The van der Waals surface area contributed by atoms with E-state index in [0.717, 1.165) is 12.2 Å². The molecular weight excluding hydrogens is 196 g/mol. The molecular formula is C14H22N2. The molecule has 0 amide bonds. The van der Waals surface area contributed by atoms with Crippen LogP contribution in [0.2, 0.25) is 0 Å². The third-order valence-electron chi connectivity index (χ3n) is 2.69. The van der Waals surface area contributed by atoms with Gasteiger partial charge in [0.15, 0.2) is 0 Å². The molecule has 0 aliphatic rings. The van der Waals surface area contributed by atoms with E-state index >= 15 is 0 Å². The molecule has 0 fully saturated rings. The molecule has 1 aromatic heterocycles. The molecule has 1 unspecified atom stereocenters. The summed E-state index contributed by atoms with van der Waals surface area (Å²) in [6.45, 7) is 9.64. The molecule has 0 saturated carbocycles. The van der Waals surface area contributed by atoms with Gasteiger partial charge in [0.05, 0.1) is 5.69 Å². The van der Waals surface area contributed by atoms with Crippen LogP contribution in [0.4, 0.5) is 0 Å². The number of hydrogen-bond acceptors (Lipinski definition) is 2. The second-order valence-corrected chi connectivity index (χ2v) is 4.32. The first-order chi connectivity index (χ1) is 7.63. The van der Waals surface area contributed by atoms with Gasteiger partial charge in [0, 0.05) is 12.2 Å². The lowest BCUT2D eigenvalue weighted by atomic mass is 10.1. The predicted octanol–water partition coefficient (Wildman–Crippen LogP) is 3.18. The second-order valence-electron chi connectivity index (χ2n) is 4.32. The number of aryl methyl sites for hydroxylation is 1. The van der Waals surface area contributed by atoms with Gasteiger partial charge in [0.25, 0.3) is 0 Å². The second kappa shape index (κ2) is 6.44. The monoisotopic (exact) mass is 218 g/mol. The zero-order valence-corrected chi connectivity index (χ0v) is 10.7. The Hall–Kier alpha value is -1.15. The van der Waals surface area contributed by atoms with Crippen molar-refractivity contribution in [2.45, 2.75) is 40.2 Å². The van der Waals surface area contributed by atoms with E-state index in [1.807, 2.05) is 6.20 Å². The number of aromatic nitrogens is 1. The molecule has 1 N–H and O–H groups in total. The SMILES string of the molecule is CCCNC(C)/C(C)=C/c1ccc(C)cn1. The number of nitrogens with one attached hydrogen (secondary N) is 1. The van der Waals surface area contributed by atoms with Crippen LogP contribution in [-0.4, -0.2) is 17.6 Å². The van der Waals surface area contributed by atoms with Crippen LogP contribution in [0.5, 0.6) is 0 Å². The van der Waals surface area contributed by atoms with Crippen molar-refractivity contribution in [3.05, 3.63) is 35.2 Å². The van der Waals surface area contributed by atoms with Crippen molar-refractivity contribution in [2.75, 3.05) is 6.54 Å². The summed E-state index contributed by atoms with van der Waals surface area (Å²) >= 11 is 0. The summed E-state index contributed by atoms with van der Waals surface area (Å²) in [5.74, 6) is 0. The summed E-state index contributed by atoms with van der Waals surface area (Å²) in [6, 6.07) is 4.57. The molecule has 16 heavy (non-hydrogen) atoms. The molecule has 88 valence electrons. The molecule has 0 saturated heterocycles. The average Bonchev–Trinajstić information content (AvgIpc) is 2.29. The zero-order chi connectivity index (χ0) is 12.0. The normalized spacial score (nSPS) is 13.9. The Bertz CT molecular complexity index is 338. The van der Waals surface area contributed by atoms with Crippen LogP contribution in [0.25, 0.3) is 6.08 Å². The highest BCUT2D eigenvalue weighted by Crippen LogP contribution is 2.08. The Morgan fingerprint density at radius 1 is 1.50 bits per heavy atom. The smallest absolute Gasteiger partial charge is 0.0629 e. The summed E-state index contributed by atoms with van der Waals surface area (Å²) in [7, 11) is 0. The number of rotatable bonds is 5. The highest BCUT2D eigenvalue weighted by atomic mass is 14.9. The predicted molar refractivity (Wildman–Crippen MR) is 70.4 cm³/mol. The maximum Gasteiger partial charge on any atom is 0.0629 e. The number of pyridine rings is 1. The Morgan fingerprint density at radius 2 is 2.25 bits per heavy atom. The van der Waals surface area contributed by atoms with Crippen molar-refractivity contribution >= 4 is 6.08 Å². The minimum Gasteiger partial charge on any atom is -0.311 e. The van der Waals surface area contributed by atoms with Crippen molar-refractivity contribution in [2.24, 2.45) is 0 Å². The fourth-order valence-corrected chi connectivity index (χ4v) is 1.44. The van der Waals surface area contributed by atoms with Gasteiger partial charge >= 0.3 is 0 Å². The van der Waals surface area contributed by atoms with Gasteiger partial charge < -0.3 is 5.32 Å². The minimum atomic E-state index is 0.419. The van der Waals surface area contributed by atoms with E-state index in [-0.39, 0.29) is 0 Å². The van der Waals surface area contributed by atoms with E-state index in [2.05, 4.69) is 56.2 Å². The van der Waals surface area contributed by atoms with E-state index in [1.165, 1.54) is 17.6 Å². The number of nitrogens with zero attached hydrogens (tertiary/aromatic N) is 1. The molecule has 1 rings (SSSR count). The van der Waals surface area contributed by atoms with Crippen LogP contribution in [-0.2, 0) is 0 Å². The van der Waals surface area contributed by atoms with Crippen LogP contribution >= 0.6 is 0 Å². The zero-order valence-electron chi connectivity index (χ0n) is 10.7. The Balaban J connectivity index is 2.64. The lowest BCUT2D eigenvalue weighted by Crippen LogP contribution is -2.27. The number of hydrogen-bond donors (Lipinski definition) is 1. The Morgan fingerprint density at radius 3 is 2.81 bits per heavy atom. The molecule has 0 aromatic carbocycles. The Labute approximate surface area is 98.8 Å². The van der Waals surface area contributed by atoms with Crippen LogP contribution < -0.4 is 5.32 Å². The van der Waals surface area contributed by atoms with Gasteiger partial charge in [-0.2, -0.15) is 0 Å². The lowest BCUT2D eigenvalue weighted by molar-refractivity contribution is 0.604. The van der Waals surface area contributed by atoms with Crippen LogP contribution in [0.1, 0.15) is 38.4 Å². The van der Waals surface area contributed by atoms with Gasteiger partial charge in [0.2, 0.25) is 0 Å². The van der Waals surface area contributed by atoms with Gasteiger partial charge in [-0.15, -0.1) is 0 Å². The maximum atomic E-state index is 4.38. The first-order valence-corrected chi connectivity index (χ1v) is 5.97. The Kier molecular flexibility index (Phi) is 5.20. The van der Waals surface area contributed by atoms with Crippen molar-refractivity contribution in [3.63, 3.8) is 0 Å². The third kappa shape index (κ3) is 4.15. The van der Waals surface area contributed by atoms with E-state index in [0.29, 0.717) is 6.04 Å². The first kappa shape index (κ1) is 12.9. The van der Waals surface area contributed by atoms with Crippen molar-refractivity contribution in [3.8, 4) is 0 Å². The third-order valence-corrected chi connectivity index (χ3v) is 2.69. The molecule has 1 aromatic rings. The molecule has 1 atom stereocenters. The summed E-state index contributed by atoms with van der Waals surface area (Å²) in [5.41, 5.74) is 3.56. The van der Waals surface area contributed by atoms with E-state index in [9.17, 15) is 0 Å². The van der Waals surface area contributed by atoms with Gasteiger partial charge in [-0.05, 0) is 51.4 Å². The van der Waals surface area contributed by atoms with Crippen molar-refractivity contribution in [1.29, 1.82) is 0 Å². The molecule has 1 heterocycles. The maximum absolute atomic E-state index is 4.38. The molecule has 0 radical (unpaired) electrons. The van der Waals surface area contributed by atoms with Crippen molar-refractivity contribution < 1.29 is 0 Å². The molecule has 2 heteroatoms. The first-order valence-electron chi connectivity index (χ1n) is 5.97. The molecule has 0 aliphatic carbocycles. The molecule has 0 spiro atoms. The molecule has 0 aliphatic heterocycles. The topological polar surface area (TPSA) is 24.9 Å². The summed E-state index contributed by atoms with van der Waals surface area (Å²) in [6.07, 6.45) is 5.22. The largest absolute Gasteiger partial charge is 0.311 e. The standard InChI is InChI=1S/C14H22N2/c1-5-8-15-13(4)12(3)9-14-7-6-11(2)10-16-14/h6-7,9-10,13,15H,5,8H2,1-4H3/b12-9+. The average molecular weight is 218 g/mol. The summed E-state index contributed by atoms with van der Waals surface area (Å²) in [5, 5.41) is 3.47. The van der Waals surface area contributed by atoms with Crippen LogP contribution in [0.3, 0.4) is 0 Å². The van der Waals surface area contributed by atoms with E-state index in [4.69, 9.17) is 0 Å².